The third kappa shape index (κ3) is 3.67. The molecule has 0 atom stereocenters. The fourth-order valence-electron chi connectivity index (χ4n) is 3.20. The van der Waals surface area contributed by atoms with Crippen molar-refractivity contribution in [3.05, 3.63) is 35.1 Å². The number of carbonyl (C=O) groups excluding carboxylic acids is 1. The summed E-state index contributed by atoms with van der Waals surface area (Å²) in [6.07, 6.45) is 7.72. The summed E-state index contributed by atoms with van der Waals surface area (Å²) in [5, 5.41) is 16.7. The number of fused-ring (bicyclic) bond motifs is 1. The van der Waals surface area contributed by atoms with E-state index in [4.69, 9.17) is 11.6 Å². The highest BCUT2D eigenvalue weighted by atomic mass is 35.5. The minimum absolute atomic E-state index is 0.0420. The fraction of sp³-hybridized carbons (Fsp3) is 0.412. The summed E-state index contributed by atoms with van der Waals surface area (Å²) in [4.78, 5) is 13.0. The van der Waals surface area contributed by atoms with Gasteiger partial charge in [0.15, 0.2) is 0 Å². The van der Waals surface area contributed by atoms with Crippen molar-refractivity contribution in [2.24, 2.45) is 0 Å². The minimum atomic E-state index is 0.0420. The molecule has 8 heteroatoms. The van der Waals surface area contributed by atoms with E-state index in [1.54, 1.807) is 10.8 Å². The van der Waals surface area contributed by atoms with Crippen molar-refractivity contribution in [2.45, 2.75) is 44.6 Å². The number of nitrogens with one attached hydrogen (secondary N) is 1. The average Bonchev–Trinajstić information content (AvgIpc) is 3.19. The van der Waals surface area contributed by atoms with Crippen LogP contribution in [0.15, 0.2) is 24.5 Å². The molecule has 1 aliphatic carbocycles. The van der Waals surface area contributed by atoms with Gasteiger partial charge in [0.05, 0.1) is 6.42 Å². The molecule has 6 nitrogen and oxygen atoms in total. The first-order chi connectivity index (χ1) is 12.2. The highest BCUT2D eigenvalue weighted by molar-refractivity contribution is 7.19. The predicted molar refractivity (Wildman–Crippen MR) is 97.8 cm³/mol. The van der Waals surface area contributed by atoms with Crippen molar-refractivity contribution in [3.8, 4) is 10.6 Å². The molecule has 130 valence electrons. The zero-order chi connectivity index (χ0) is 17.2. The lowest BCUT2D eigenvalue weighted by molar-refractivity contribution is -0.121. The smallest absolute Gasteiger partial charge is 0.234 e. The van der Waals surface area contributed by atoms with Crippen molar-refractivity contribution in [2.75, 3.05) is 0 Å². The maximum Gasteiger partial charge on any atom is 0.234 e. The molecular formula is C17H18ClN5OS. The van der Waals surface area contributed by atoms with E-state index < -0.39 is 0 Å². The molecule has 2 aromatic heterocycles. The molecule has 25 heavy (non-hydrogen) atoms. The first-order valence-corrected chi connectivity index (χ1v) is 9.63. The summed E-state index contributed by atoms with van der Waals surface area (Å²) in [5.41, 5.74) is 1.75. The van der Waals surface area contributed by atoms with Gasteiger partial charge in [-0.3, -0.25) is 4.79 Å². The van der Waals surface area contributed by atoms with Gasteiger partial charge >= 0.3 is 0 Å². The van der Waals surface area contributed by atoms with E-state index in [9.17, 15) is 4.79 Å². The van der Waals surface area contributed by atoms with E-state index in [0.717, 1.165) is 33.9 Å². The molecule has 0 saturated heterocycles. The Bertz CT molecular complexity index is 871. The normalized spacial score (nSPS) is 15.6. The lowest BCUT2D eigenvalue weighted by Crippen LogP contribution is -2.37. The summed E-state index contributed by atoms with van der Waals surface area (Å²) < 4.78 is 1.64. The number of rotatable bonds is 4. The fourth-order valence-corrected chi connectivity index (χ4v) is 4.26. The second kappa shape index (κ2) is 7.09. The van der Waals surface area contributed by atoms with Crippen LogP contribution in [0, 0.1) is 0 Å². The van der Waals surface area contributed by atoms with Crippen LogP contribution >= 0.6 is 22.9 Å². The van der Waals surface area contributed by atoms with Gasteiger partial charge in [-0.05, 0) is 24.5 Å². The number of benzene rings is 1. The van der Waals surface area contributed by atoms with Gasteiger partial charge < -0.3 is 5.32 Å². The van der Waals surface area contributed by atoms with Crippen LogP contribution in [0.5, 0.6) is 0 Å². The lowest BCUT2D eigenvalue weighted by Gasteiger charge is -2.22. The Morgan fingerprint density at radius 3 is 2.92 bits per heavy atom. The maximum absolute atomic E-state index is 12.3. The van der Waals surface area contributed by atoms with Crippen LogP contribution in [-0.4, -0.2) is 31.8 Å². The van der Waals surface area contributed by atoms with Crippen molar-refractivity contribution >= 4 is 33.8 Å². The Kier molecular flexibility index (Phi) is 4.67. The summed E-state index contributed by atoms with van der Waals surface area (Å²) >= 11 is 7.85. The summed E-state index contributed by atoms with van der Waals surface area (Å²) in [5.74, 6) is 0.0420. The Labute approximate surface area is 154 Å². The van der Waals surface area contributed by atoms with Crippen molar-refractivity contribution in [1.29, 1.82) is 0 Å². The van der Waals surface area contributed by atoms with E-state index >= 15 is 0 Å². The Hall–Kier alpha value is -1.99. The predicted octanol–water partition coefficient (Wildman–Crippen LogP) is 3.50. The number of amides is 1. The van der Waals surface area contributed by atoms with Gasteiger partial charge in [-0.15, -0.1) is 10.2 Å². The molecule has 1 N–H and O–H groups in total. The largest absolute Gasteiger partial charge is 0.353 e. The van der Waals surface area contributed by atoms with Crippen LogP contribution in [0.1, 0.15) is 37.7 Å². The molecule has 2 heterocycles. The Balaban J connectivity index is 1.45. The molecule has 0 radical (unpaired) electrons. The van der Waals surface area contributed by atoms with Crippen molar-refractivity contribution < 1.29 is 4.79 Å². The number of hydrogen-bond acceptors (Lipinski definition) is 5. The van der Waals surface area contributed by atoms with Gasteiger partial charge in [0, 0.05) is 16.6 Å². The van der Waals surface area contributed by atoms with Crippen molar-refractivity contribution in [3.63, 3.8) is 0 Å². The molecular weight excluding hydrogens is 358 g/mol. The molecule has 0 bridgehead atoms. The van der Waals surface area contributed by atoms with Gasteiger partial charge in [0.1, 0.15) is 11.3 Å². The molecule has 1 amide bonds. The van der Waals surface area contributed by atoms with E-state index in [1.165, 1.54) is 30.6 Å². The SMILES string of the molecule is O=C(Cc1ccc(-c2nn3cnnc3s2)cc1Cl)NC1CCCCC1. The zero-order valence-electron chi connectivity index (χ0n) is 13.6. The molecule has 0 unspecified atom stereocenters. The van der Waals surface area contributed by atoms with E-state index in [-0.39, 0.29) is 5.91 Å². The number of nitrogens with zero attached hydrogens (tertiary/aromatic N) is 4. The monoisotopic (exact) mass is 375 g/mol. The Morgan fingerprint density at radius 1 is 1.32 bits per heavy atom. The third-order valence-corrected chi connectivity index (χ3v) is 5.82. The first-order valence-electron chi connectivity index (χ1n) is 8.44. The highest BCUT2D eigenvalue weighted by Gasteiger charge is 2.17. The van der Waals surface area contributed by atoms with Gasteiger partial charge in [-0.2, -0.15) is 9.61 Å². The lowest BCUT2D eigenvalue weighted by atomic mass is 9.95. The minimum Gasteiger partial charge on any atom is -0.353 e. The van der Waals surface area contributed by atoms with Crippen LogP contribution in [0.4, 0.5) is 0 Å². The van der Waals surface area contributed by atoms with E-state index in [0.29, 0.717) is 17.5 Å². The second-order valence-electron chi connectivity index (χ2n) is 6.35. The molecule has 1 saturated carbocycles. The molecule has 0 spiro atoms. The van der Waals surface area contributed by atoms with Gasteiger partial charge in [-0.1, -0.05) is 54.3 Å². The standard InChI is InChI=1S/C17H18ClN5OS/c18-14-8-12(16-22-23-10-19-21-17(23)25-16)7-6-11(14)9-15(24)20-13-4-2-1-3-5-13/h6-8,10,13H,1-5,9H2,(H,20,24). The number of hydrogen-bond donors (Lipinski definition) is 1. The molecule has 1 aromatic carbocycles. The Morgan fingerprint density at radius 2 is 2.16 bits per heavy atom. The molecule has 4 rings (SSSR count). The van der Waals surface area contributed by atoms with Crippen molar-refractivity contribution in [1.82, 2.24) is 25.1 Å². The highest BCUT2D eigenvalue weighted by Crippen LogP contribution is 2.29. The zero-order valence-corrected chi connectivity index (χ0v) is 15.2. The molecule has 1 aliphatic rings. The summed E-state index contributed by atoms with van der Waals surface area (Å²) in [7, 11) is 0. The number of carbonyl (C=O) groups is 1. The summed E-state index contributed by atoms with van der Waals surface area (Å²) in [6.45, 7) is 0. The topological polar surface area (TPSA) is 72.2 Å². The molecule has 3 aromatic rings. The first kappa shape index (κ1) is 16.5. The van der Waals surface area contributed by atoms with Crippen LogP contribution in [0.3, 0.4) is 0 Å². The quantitative estimate of drug-likeness (QED) is 0.757. The summed E-state index contributed by atoms with van der Waals surface area (Å²) in [6, 6.07) is 6.03. The van der Waals surface area contributed by atoms with Crippen LogP contribution in [-0.2, 0) is 11.2 Å². The maximum atomic E-state index is 12.3. The van der Waals surface area contributed by atoms with E-state index in [1.807, 2.05) is 18.2 Å². The van der Waals surface area contributed by atoms with Crippen LogP contribution < -0.4 is 5.32 Å². The van der Waals surface area contributed by atoms with Crippen LogP contribution in [0.2, 0.25) is 5.02 Å². The van der Waals surface area contributed by atoms with Gasteiger partial charge in [0.25, 0.3) is 0 Å². The number of halogens is 1. The molecule has 0 aliphatic heterocycles. The average molecular weight is 376 g/mol. The second-order valence-corrected chi connectivity index (χ2v) is 7.71. The van der Waals surface area contributed by atoms with Gasteiger partial charge in [-0.25, -0.2) is 0 Å². The van der Waals surface area contributed by atoms with E-state index in [2.05, 4.69) is 20.6 Å². The molecule has 1 fully saturated rings. The number of aromatic nitrogens is 4. The van der Waals surface area contributed by atoms with Gasteiger partial charge in [0.2, 0.25) is 10.9 Å². The van der Waals surface area contributed by atoms with Crippen LogP contribution in [0.25, 0.3) is 15.5 Å². The third-order valence-electron chi connectivity index (χ3n) is 4.51.